The van der Waals surface area contributed by atoms with Crippen molar-refractivity contribution in [3.8, 4) is 12.3 Å². The Balaban J connectivity index is 2.57. The highest BCUT2D eigenvalue weighted by Gasteiger charge is 2.11. The number of likely N-dealkylation sites (N-methyl/N-ethyl adjacent to an activating group) is 1. The smallest absolute Gasteiger partial charge is 0.234 e. The van der Waals surface area contributed by atoms with Crippen LogP contribution >= 0.6 is 11.6 Å². The van der Waals surface area contributed by atoms with Crippen molar-refractivity contribution in [2.45, 2.75) is 6.54 Å². The molecule has 0 atom stereocenters. The van der Waals surface area contributed by atoms with E-state index < -0.39 is 0 Å². The van der Waals surface area contributed by atoms with Crippen LogP contribution in [-0.2, 0) is 11.3 Å². The fraction of sp³-hybridized carbons (Fsp3) is 0.308. The number of amides is 1. The van der Waals surface area contributed by atoms with Crippen LogP contribution in [0.5, 0.6) is 0 Å². The molecule has 0 heterocycles. The van der Waals surface area contributed by atoms with Crippen molar-refractivity contribution in [3.05, 3.63) is 34.6 Å². The summed E-state index contributed by atoms with van der Waals surface area (Å²) in [6.07, 6.45) is 5.03. The molecular weight excluding hydrogens is 255 g/mol. The molecule has 0 radical (unpaired) electrons. The van der Waals surface area contributed by atoms with Crippen molar-refractivity contribution in [3.63, 3.8) is 0 Å². The Labute approximate surface area is 111 Å². The van der Waals surface area contributed by atoms with Crippen LogP contribution in [0.4, 0.5) is 4.39 Å². The summed E-state index contributed by atoms with van der Waals surface area (Å²) in [5.74, 6) is 1.73. The van der Waals surface area contributed by atoms with E-state index in [0.717, 1.165) is 0 Å². The van der Waals surface area contributed by atoms with Crippen LogP contribution in [0.1, 0.15) is 5.56 Å². The van der Waals surface area contributed by atoms with Gasteiger partial charge in [-0.05, 0) is 19.2 Å². The number of terminal acetylenes is 1. The Kier molecular flexibility index (Phi) is 5.63. The van der Waals surface area contributed by atoms with Crippen molar-refractivity contribution in [1.29, 1.82) is 0 Å². The molecule has 1 amide bonds. The number of halogens is 2. The van der Waals surface area contributed by atoms with E-state index in [1.165, 1.54) is 6.07 Å². The lowest BCUT2D eigenvalue weighted by atomic mass is 10.2. The molecule has 0 bridgehead atoms. The topological polar surface area (TPSA) is 32.3 Å². The Hall–Kier alpha value is -1.57. The maximum Gasteiger partial charge on any atom is 0.234 e. The molecule has 1 aromatic carbocycles. The lowest BCUT2D eigenvalue weighted by Crippen LogP contribution is -2.35. The number of nitrogens with one attached hydrogen (secondary N) is 1. The summed E-state index contributed by atoms with van der Waals surface area (Å²) in [5, 5.41) is 2.89. The van der Waals surface area contributed by atoms with Gasteiger partial charge in [0.25, 0.3) is 0 Å². The van der Waals surface area contributed by atoms with Gasteiger partial charge in [0.1, 0.15) is 5.82 Å². The third-order valence-corrected chi connectivity index (χ3v) is 2.64. The first-order chi connectivity index (χ1) is 8.54. The van der Waals surface area contributed by atoms with E-state index in [9.17, 15) is 9.18 Å². The molecule has 0 saturated heterocycles. The highest BCUT2D eigenvalue weighted by Crippen LogP contribution is 2.20. The van der Waals surface area contributed by atoms with Gasteiger partial charge in [-0.2, -0.15) is 0 Å². The van der Waals surface area contributed by atoms with Gasteiger partial charge >= 0.3 is 0 Å². The molecular formula is C13H14ClFN2O. The summed E-state index contributed by atoms with van der Waals surface area (Å²) in [5.41, 5.74) is 0.381. The third kappa shape index (κ3) is 4.36. The summed E-state index contributed by atoms with van der Waals surface area (Å²) >= 11 is 5.90. The number of rotatable bonds is 5. The maximum atomic E-state index is 13.5. The molecule has 0 aliphatic rings. The monoisotopic (exact) mass is 268 g/mol. The van der Waals surface area contributed by atoms with Crippen LogP contribution in [0.3, 0.4) is 0 Å². The predicted molar refractivity (Wildman–Crippen MR) is 69.6 cm³/mol. The van der Waals surface area contributed by atoms with Gasteiger partial charge in [-0.1, -0.05) is 23.6 Å². The first-order valence-corrected chi connectivity index (χ1v) is 5.74. The molecule has 0 aromatic heterocycles. The highest BCUT2D eigenvalue weighted by molar-refractivity contribution is 6.31. The Morgan fingerprint density at radius 1 is 1.61 bits per heavy atom. The summed E-state index contributed by atoms with van der Waals surface area (Å²) in [6.45, 7) is 0.578. The fourth-order valence-electron chi connectivity index (χ4n) is 1.46. The van der Waals surface area contributed by atoms with Gasteiger partial charge in [0.15, 0.2) is 0 Å². The van der Waals surface area contributed by atoms with Gasteiger partial charge in [-0.25, -0.2) is 4.39 Å². The zero-order valence-corrected chi connectivity index (χ0v) is 10.8. The van der Waals surface area contributed by atoms with Gasteiger partial charge in [-0.3, -0.25) is 9.69 Å². The molecule has 0 aliphatic carbocycles. The standard InChI is InChI=1S/C13H14ClFN2O/c1-3-7-16-13(18)9-17(2)8-10-11(14)5-4-6-12(10)15/h1,4-6H,7-9H2,2H3,(H,16,18). The Morgan fingerprint density at radius 3 is 2.94 bits per heavy atom. The second-order valence-electron chi connectivity index (χ2n) is 3.85. The molecule has 18 heavy (non-hydrogen) atoms. The second-order valence-corrected chi connectivity index (χ2v) is 4.26. The third-order valence-electron chi connectivity index (χ3n) is 2.29. The van der Waals surface area contributed by atoms with Crippen molar-refractivity contribution < 1.29 is 9.18 Å². The van der Waals surface area contributed by atoms with E-state index in [1.54, 1.807) is 24.1 Å². The van der Waals surface area contributed by atoms with Crippen LogP contribution in [0.15, 0.2) is 18.2 Å². The first kappa shape index (κ1) is 14.5. The summed E-state index contributed by atoms with van der Waals surface area (Å²) < 4.78 is 13.5. The van der Waals surface area contributed by atoms with Crippen molar-refractivity contribution in [2.75, 3.05) is 20.1 Å². The molecule has 5 heteroatoms. The molecule has 0 spiro atoms. The lowest BCUT2D eigenvalue weighted by molar-refractivity contribution is -0.121. The normalized spacial score (nSPS) is 10.2. The quantitative estimate of drug-likeness (QED) is 0.824. The van der Waals surface area contributed by atoms with Crippen molar-refractivity contribution in [1.82, 2.24) is 10.2 Å². The van der Waals surface area contributed by atoms with Crippen LogP contribution in [-0.4, -0.2) is 30.9 Å². The zero-order valence-electron chi connectivity index (χ0n) is 10.0. The van der Waals surface area contributed by atoms with Gasteiger partial charge < -0.3 is 5.32 Å². The van der Waals surface area contributed by atoms with Crippen LogP contribution in [0.25, 0.3) is 0 Å². The number of hydrogen-bond donors (Lipinski definition) is 1. The summed E-state index contributed by atoms with van der Waals surface area (Å²) in [6, 6.07) is 4.50. The molecule has 1 rings (SSSR count). The minimum absolute atomic E-state index is 0.131. The fourth-order valence-corrected chi connectivity index (χ4v) is 1.68. The molecule has 1 N–H and O–H groups in total. The van der Waals surface area contributed by atoms with Crippen LogP contribution < -0.4 is 5.32 Å². The minimum atomic E-state index is -0.376. The number of carbonyl (C=O) groups is 1. The SMILES string of the molecule is C#CCNC(=O)CN(C)Cc1c(F)cccc1Cl. The van der Waals surface area contributed by atoms with Crippen molar-refractivity contribution in [2.24, 2.45) is 0 Å². The number of hydrogen-bond acceptors (Lipinski definition) is 2. The maximum absolute atomic E-state index is 13.5. The molecule has 0 unspecified atom stereocenters. The molecule has 96 valence electrons. The van der Waals surface area contributed by atoms with Crippen LogP contribution in [0, 0.1) is 18.2 Å². The number of carbonyl (C=O) groups excluding carboxylic acids is 1. The van der Waals surface area contributed by atoms with E-state index in [-0.39, 0.29) is 31.4 Å². The molecule has 3 nitrogen and oxygen atoms in total. The number of nitrogens with zero attached hydrogens (tertiary/aromatic N) is 1. The second kappa shape index (κ2) is 7.00. The summed E-state index contributed by atoms with van der Waals surface area (Å²) in [7, 11) is 1.71. The highest BCUT2D eigenvalue weighted by atomic mass is 35.5. The van der Waals surface area contributed by atoms with E-state index in [4.69, 9.17) is 18.0 Å². The van der Waals surface area contributed by atoms with Crippen LogP contribution in [0.2, 0.25) is 5.02 Å². The largest absolute Gasteiger partial charge is 0.344 e. The Bertz CT molecular complexity index is 450. The molecule has 0 fully saturated rings. The van der Waals surface area contributed by atoms with Gasteiger partial charge in [0.05, 0.1) is 13.1 Å². The Morgan fingerprint density at radius 2 is 2.33 bits per heavy atom. The van der Waals surface area contributed by atoms with E-state index >= 15 is 0 Å². The lowest BCUT2D eigenvalue weighted by Gasteiger charge is -2.17. The van der Waals surface area contributed by atoms with E-state index in [2.05, 4.69) is 11.2 Å². The van der Waals surface area contributed by atoms with E-state index in [1.807, 2.05) is 0 Å². The van der Waals surface area contributed by atoms with Gasteiger partial charge in [0.2, 0.25) is 5.91 Å². The van der Waals surface area contributed by atoms with E-state index in [0.29, 0.717) is 10.6 Å². The molecule has 0 saturated carbocycles. The predicted octanol–water partition coefficient (Wildman–Crippen LogP) is 1.66. The molecule has 1 aromatic rings. The summed E-state index contributed by atoms with van der Waals surface area (Å²) in [4.78, 5) is 13.1. The zero-order chi connectivity index (χ0) is 13.5. The van der Waals surface area contributed by atoms with Gasteiger partial charge in [0, 0.05) is 17.1 Å². The van der Waals surface area contributed by atoms with Gasteiger partial charge in [-0.15, -0.1) is 6.42 Å². The number of benzene rings is 1. The average molecular weight is 269 g/mol. The first-order valence-electron chi connectivity index (χ1n) is 5.36. The average Bonchev–Trinajstić information content (AvgIpc) is 2.31. The molecule has 0 aliphatic heterocycles. The van der Waals surface area contributed by atoms with Crippen molar-refractivity contribution >= 4 is 17.5 Å². The minimum Gasteiger partial charge on any atom is -0.344 e.